The van der Waals surface area contributed by atoms with Crippen LogP contribution in [-0.4, -0.2) is 54.3 Å². The highest BCUT2D eigenvalue weighted by molar-refractivity contribution is 5.97. The van der Waals surface area contributed by atoms with E-state index in [9.17, 15) is 9.59 Å². The van der Waals surface area contributed by atoms with Crippen molar-refractivity contribution in [2.45, 2.75) is 38.5 Å². The summed E-state index contributed by atoms with van der Waals surface area (Å²) in [5.41, 5.74) is 1.37. The van der Waals surface area contributed by atoms with Crippen LogP contribution in [0.2, 0.25) is 0 Å². The minimum Gasteiger partial charge on any atom is -0.339 e. The molecule has 2 heterocycles. The molecule has 0 spiro atoms. The van der Waals surface area contributed by atoms with Crippen LogP contribution in [0.15, 0.2) is 24.3 Å². The average Bonchev–Trinajstić information content (AvgIpc) is 3.00. The molecule has 2 fully saturated rings. The van der Waals surface area contributed by atoms with Crippen LogP contribution in [0.25, 0.3) is 0 Å². The number of carbonyl (C=O) groups excluding carboxylic acids is 2. The van der Waals surface area contributed by atoms with E-state index in [1.807, 2.05) is 23.1 Å². The Balaban J connectivity index is 1.57. The van der Waals surface area contributed by atoms with Gasteiger partial charge in [0.1, 0.15) is 0 Å². The van der Waals surface area contributed by atoms with E-state index in [1.54, 1.807) is 6.07 Å². The number of hydrogen-bond donors (Lipinski definition) is 1. The lowest BCUT2D eigenvalue weighted by Gasteiger charge is -2.19. The second kappa shape index (κ2) is 8.29. The summed E-state index contributed by atoms with van der Waals surface area (Å²) in [6, 6.07) is 7.30. The summed E-state index contributed by atoms with van der Waals surface area (Å²) in [7, 11) is 0. The van der Waals surface area contributed by atoms with Crippen molar-refractivity contribution < 1.29 is 9.59 Å². The minimum absolute atomic E-state index is 0.00247. The Morgan fingerprint density at radius 1 is 0.917 bits per heavy atom. The highest BCUT2D eigenvalue weighted by atomic mass is 16.2. The molecule has 1 N–H and O–H groups in total. The topological polar surface area (TPSA) is 52.7 Å². The first-order valence-corrected chi connectivity index (χ1v) is 9.14. The van der Waals surface area contributed by atoms with Gasteiger partial charge in [0.2, 0.25) is 5.91 Å². The van der Waals surface area contributed by atoms with Gasteiger partial charge in [-0.1, -0.05) is 18.9 Å². The molecule has 130 valence electrons. The molecular weight excluding hydrogens is 302 g/mol. The van der Waals surface area contributed by atoms with Crippen molar-refractivity contribution in [1.82, 2.24) is 9.80 Å². The van der Waals surface area contributed by atoms with E-state index in [-0.39, 0.29) is 11.8 Å². The third-order valence-electron chi connectivity index (χ3n) is 4.85. The van der Waals surface area contributed by atoms with Crippen molar-refractivity contribution in [2.75, 3.05) is 38.0 Å². The van der Waals surface area contributed by atoms with Gasteiger partial charge in [-0.15, -0.1) is 0 Å². The van der Waals surface area contributed by atoms with Gasteiger partial charge in [0, 0.05) is 24.3 Å². The van der Waals surface area contributed by atoms with Crippen LogP contribution in [0, 0.1) is 0 Å². The molecular formula is C19H27N3O2. The van der Waals surface area contributed by atoms with E-state index in [4.69, 9.17) is 0 Å². The molecule has 0 saturated carbocycles. The van der Waals surface area contributed by atoms with Crippen molar-refractivity contribution in [2.24, 2.45) is 0 Å². The number of nitrogens with one attached hydrogen (secondary N) is 1. The number of nitrogens with zero attached hydrogens (tertiary/aromatic N) is 2. The van der Waals surface area contributed by atoms with Gasteiger partial charge in [-0.3, -0.25) is 14.5 Å². The van der Waals surface area contributed by atoms with Crippen molar-refractivity contribution in [3.05, 3.63) is 29.8 Å². The molecule has 1 aromatic carbocycles. The van der Waals surface area contributed by atoms with Crippen molar-refractivity contribution in [3.8, 4) is 0 Å². The Morgan fingerprint density at radius 2 is 1.58 bits per heavy atom. The summed E-state index contributed by atoms with van der Waals surface area (Å²) in [5.74, 6) is 0.0683. The van der Waals surface area contributed by atoms with Crippen molar-refractivity contribution in [1.29, 1.82) is 0 Å². The molecule has 0 atom stereocenters. The molecule has 0 radical (unpaired) electrons. The first-order valence-electron chi connectivity index (χ1n) is 9.14. The van der Waals surface area contributed by atoms with Crippen LogP contribution < -0.4 is 5.32 Å². The van der Waals surface area contributed by atoms with Gasteiger partial charge < -0.3 is 10.2 Å². The summed E-state index contributed by atoms with van der Waals surface area (Å²) in [6.45, 7) is 4.11. The molecule has 0 aromatic heterocycles. The van der Waals surface area contributed by atoms with Gasteiger partial charge in [0.05, 0.1) is 6.54 Å². The Morgan fingerprint density at radius 3 is 2.29 bits per heavy atom. The lowest BCUT2D eigenvalue weighted by molar-refractivity contribution is -0.117. The number of hydrogen-bond acceptors (Lipinski definition) is 3. The van der Waals surface area contributed by atoms with Gasteiger partial charge >= 0.3 is 0 Å². The Kier molecular flexibility index (Phi) is 5.86. The van der Waals surface area contributed by atoms with Crippen molar-refractivity contribution in [3.63, 3.8) is 0 Å². The number of carbonyl (C=O) groups is 2. The molecule has 5 nitrogen and oxygen atoms in total. The van der Waals surface area contributed by atoms with Gasteiger partial charge in [-0.05, 0) is 57.0 Å². The fraction of sp³-hybridized carbons (Fsp3) is 0.579. The molecule has 0 aliphatic carbocycles. The van der Waals surface area contributed by atoms with E-state index >= 15 is 0 Å². The van der Waals surface area contributed by atoms with Gasteiger partial charge in [0.15, 0.2) is 0 Å². The number of amides is 2. The maximum Gasteiger partial charge on any atom is 0.253 e. The number of anilines is 1. The SMILES string of the molecule is O=C(CN1CCCCCC1)Nc1cccc(C(=O)N2CCCC2)c1. The predicted molar refractivity (Wildman–Crippen MR) is 95.1 cm³/mol. The largest absolute Gasteiger partial charge is 0.339 e. The smallest absolute Gasteiger partial charge is 0.253 e. The summed E-state index contributed by atoms with van der Waals surface area (Å²) in [4.78, 5) is 28.8. The monoisotopic (exact) mass is 329 g/mol. The van der Waals surface area contributed by atoms with Crippen LogP contribution in [0.1, 0.15) is 48.9 Å². The quantitative estimate of drug-likeness (QED) is 0.924. The second-order valence-electron chi connectivity index (χ2n) is 6.82. The lowest BCUT2D eigenvalue weighted by Crippen LogP contribution is -2.34. The maximum absolute atomic E-state index is 12.4. The fourth-order valence-corrected chi connectivity index (χ4v) is 3.53. The maximum atomic E-state index is 12.4. The van der Waals surface area contributed by atoms with Crippen LogP contribution in [0.3, 0.4) is 0 Å². The van der Waals surface area contributed by atoms with Crippen LogP contribution in [0.4, 0.5) is 5.69 Å². The fourth-order valence-electron chi connectivity index (χ4n) is 3.53. The predicted octanol–water partition coefficient (Wildman–Crippen LogP) is 2.74. The Hall–Kier alpha value is -1.88. The van der Waals surface area contributed by atoms with E-state index < -0.39 is 0 Å². The van der Waals surface area contributed by atoms with E-state index in [2.05, 4.69) is 10.2 Å². The molecule has 24 heavy (non-hydrogen) atoms. The zero-order valence-corrected chi connectivity index (χ0v) is 14.3. The second-order valence-corrected chi connectivity index (χ2v) is 6.82. The summed E-state index contributed by atoms with van der Waals surface area (Å²) in [5, 5.41) is 2.94. The van der Waals surface area contributed by atoms with Crippen LogP contribution in [0.5, 0.6) is 0 Å². The van der Waals surface area contributed by atoms with E-state index in [1.165, 1.54) is 25.7 Å². The summed E-state index contributed by atoms with van der Waals surface area (Å²) < 4.78 is 0. The molecule has 5 heteroatoms. The molecule has 2 saturated heterocycles. The highest BCUT2D eigenvalue weighted by Gasteiger charge is 2.20. The Bertz CT molecular complexity index is 574. The normalized spacial score (nSPS) is 19.1. The van der Waals surface area contributed by atoms with E-state index in [0.29, 0.717) is 17.8 Å². The molecule has 2 aliphatic rings. The van der Waals surface area contributed by atoms with Gasteiger partial charge in [-0.2, -0.15) is 0 Å². The lowest BCUT2D eigenvalue weighted by atomic mass is 10.1. The molecule has 2 aliphatic heterocycles. The minimum atomic E-state index is 0.00247. The third-order valence-corrected chi connectivity index (χ3v) is 4.85. The molecule has 1 aromatic rings. The first kappa shape index (κ1) is 17.0. The third kappa shape index (κ3) is 4.57. The van der Waals surface area contributed by atoms with Crippen LogP contribution >= 0.6 is 0 Å². The van der Waals surface area contributed by atoms with Gasteiger partial charge in [0.25, 0.3) is 5.91 Å². The standard InChI is InChI=1S/C19H27N3O2/c23-18(15-21-10-3-1-2-4-11-21)20-17-9-7-8-16(14-17)19(24)22-12-5-6-13-22/h7-9,14H,1-6,10-13,15H2,(H,20,23). The highest BCUT2D eigenvalue weighted by Crippen LogP contribution is 2.16. The van der Waals surface area contributed by atoms with Crippen molar-refractivity contribution >= 4 is 17.5 Å². The number of likely N-dealkylation sites (tertiary alicyclic amines) is 2. The number of benzene rings is 1. The molecule has 0 unspecified atom stereocenters. The Labute approximate surface area is 144 Å². The van der Waals surface area contributed by atoms with Crippen LogP contribution in [-0.2, 0) is 4.79 Å². The molecule has 0 bridgehead atoms. The zero-order chi connectivity index (χ0) is 16.8. The molecule has 2 amide bonds. The van der Waals surface area contributed by atoms with E-state index in [0.717, 1.165) is 39.0 Å². The average molecular weight is 329 g/mol. The molecule has 3 rings (SSSR count). The number of rotatable bonds is 4. The van der Waals surface area contributed by atoms with Gasteiger partial charge in [-0.25, -0.2) is 0 Å². The zero-order valence-electron chi connectivity index (χ0n) is 14.3. The summed E-state index contributed by atoms with van der Waals surface area (Å²) in [6.07, 6.45) is 7.04. The summed E-state index contributed by atoms with van der Waals surface area (Å²) >= 11 is 0. The first-order chi connectivity index (χ1) is 11.7.